The molecule has 182 valence electrons. The molecule has 1 aliphatic rings. The van der Waals surface area contributed by atoms with Gasteiger partial charge in [-0.15, -0.1) is 0 Å². The third-order valence-corrected chi connectivity index (χ3v) is 5.03. The molecular formula is C28H37N3O3. The summed E-state index contributed by atoms with van der Waals surface area (Å²) in [6.45, 7) is 14.1. The fraction of sp³-hybridized carbons (Fsp3) is 0.321. The Morgan fingerprint density at radius 2 is 1.82 bits per heavy atom. The molecule has 0 unspecified atom stereocenters. The van der Waals surface area contributed by atoms with Crippen LogP contribution in [-0.2, 0) is 14.4 Å². The molecule has 1 fully saturated rings. The summed E-state index contributed by atoms with van der Waals surface area (Å²) in [6.07, 6.45) is 11.1. The van der Waals surface area contributed by atoms with Crippen molar-refractivity contribution in [1.82, 2.24) is 10.2 Å². The fourth-order valence-electron chi connectivity index (χ4n) is 3.06. The molecule has 1 saturated heterocycles. The predicted molar refractivity (Wildman–Crippen MR) is 140 cm³/mol. The van der Waals surface area contributed by atoms with Crippen molar-refractivity contribution in [3.8, 4) is 0 Å². The summed E-state index contributed by atoms with van der Waals surface area (Å²) in [6, 6.07) is 7.80. The minimum absolute atomic E-state index is 0.0913. The summed E-state index contributed by atoms with van der Waals surface area (Å²) < 4.78 is 0. The van der Waals surface area contributed by atoms with E-state index in [0.29, 0.717) is 0 Å². The third-order valence-electron chi connectivity index (χ3n) is 5.03. The van der Waals surface area contributed by atoms with Gasteiger partial charge in [-0.25, -0.2) is 0 Å². The number of nitrogens with one attached hydrogen (secondary N) is 1. The molecule has 0 atom stereocenters. The summed E-state index contributed by atoms with van der Waals surface area (Å²) in [5.41, 5.74) is 10.3. The maximum absolute atomic E-state index is 11.9. The molecule has 6 nitrogen and oxygen atoms in total. The lowest BCUT2D eigenvalue weighted by atomic mass is 9.85. The highest BCUT2D eigenvalue weighted by Crippen LogP contribution is 2.27. The van der Waals surface area contributed by atoms with Gasteiger partial charge in [0.15, 0.2) is 0 Å². The van der Waals surface area contributed by atoms with Gasteiger partial charge in [-0.1, -0.05) is 83.7 Å². The highest BCUT2D eigenvalue weighted by molar-refractivity contribution is 6.03. The van der Waals surface area contributed by atoms with Gasteiger partial charge >= 0.3 is 0 Å². The van der Waals surface area contributed by atoms with Crippen molar-refractivity contribution in [2.24, 2.45) is 17.1 Å². The van der Waals surface area contributed by atoms with Crippen LogP contribution in [0.3, 0.4) is 0 Å². The second-order valence-corrected chi connectivity index (χ2v) is 9.29. The summed E-state index contributed by atoms with van der Waals surface area (Å²) in [7, 11) is 1.61. The third kappa shape index (κ3) is 9.06. The molecule has 1 aromatic rings. The molecule has 3 N–H and O–H groups in total. The molecule has 0 saturated carbocycles. The minimum atomic E-state index is -0.192. The zero-order chi connectivity index (χ0) is 25.9. The molecule has 0 aromatic heterocycles. The number of amides is 2. The first-order valence-electron chi connectivity index (χ1n) is 11.2. The number of piperazine rings is 1. The highest BCUT2D eigenvalue weighted by Gasteiger charge is 2.24. The van der Waals surface area contributed by atoms with Gasteiger partial charge in [0.25, 0.3) is 5.91 Å². The number of likely N-dealkylation sites (N-methyl/N-ethyl adjacent to an activating group) is 1. The number of benzene rings is 1. The number of carbonyl (C=O) groups is 3. The van der Waals surface area contributed by atoms with Gasteiger partial charge in [-0.05, 0) is 40.8 Å². The maximum atomic E-state index is 11.9. The zero-order valence-corrected chi connectivity index (χ0v) is 21.1. The van der Waals surface area contributed by atoms with E-state index in [2.05, 4.69) is 46.5 Å². The Bertz CT molecular complexity index is 1020. The largest absolute Gasteiger partial charge is 0.401 e. The topological polar surface area (TPSA) is 92.5 Å². The first-order chi connectivity index (χ1) is 15.9. The Labute approximate surface area is 203 Å². The number of nitrogens with two attached hydrogens (primary N) is 1. The summed E-state index contributed by atoms with van der Waals surface area (Å²) >= 11 is 0. The summed E-state index contributed by atoms with van der Waals surface area (Å²) in [5, 5.41) is 2.59. The zero-order valence-electron chi connectivity index (χ0n) is 21.1. The van der Waals surface area contributed by atoms with Crippen LogP contribution < -0.4 is 11.1 Å². The van der Waals surface area contributed by atoms with Crippen LogP contribution in [0.2, 0.25) is 0 Å². The molecule has 1 aliphatic heterocycles. The van der Waals surface area contributed by atoms with Gasteiger partial charge in [-0.3, -0.25) is 14.4 Å². The van der Waals surface area contributed by atoms with Crippen molar-refractivity contribution in [3.05, 3.63) is 83.2 Å². The van der Waals surface area contributed by atoms with Crippen LogP contribution in [0, 0.1) is 11.3 Å². The average Bonchev–Trinajstić information content (AvgIpc) is 2.77. The number of allylic oxidation sites excluding steroid dienone is 6. The quantitative estimate of drug-likeness (QED) is 0.370. The fourth-order valence-corrected chi connectivity index (χ4v) is 3.06. The lowest BCUT2D eigenvalue weighted by Crippen LogP contribution is -2.47. The Balaban J connectivity index is 0.000000404. The monoisotopic (exact) mass is 463 g/mol. The van der Waals surface area contributed by atoms with E-state index in [4.69, 9.17) is 5.73 Å². The maximum Gasteiger partial charge on any atom is 0.270 e. The second kappa shape index (κ2) is 13.1. The lowest BCUT2D eigenvalue weighted by Gasteiger charge is -2.24. The molecule has 0 aliphatic carbocycles. The molecule has 1 aromatic carbocycles. The molecule has 2 rings (SSSR count). The van der Waals surface area contributed by atoms with Gasteiger partial charge in [-0.2, -0.15) is 0 Å². The molecule has 2 amide bonds. The SMILES string of the molecule is C=Cc1cccc(/C=C/C=O)c1.CC(C)C(/C=C/C=C1\NC(=O)CN(C)C1=O)=C(\N)C(C)(C)C. The molecule has 1 heterocycles. The lowest BCUT2D eigenvalue weighted by molar-refractivity contribution is -0.136. The smallest absolute Gasteiger partial charge is 0.270 e. The van der Waals surface area contributed by atoms with Crippen LogP contribution in [0.1, 0.15) is 45.7 Å². The van der Waals surface area contributed by atoms with Crippen molar-refractivity contribution < 1.29 is 14.4 Å². The molecule has 6 heteroatoms. The van der Waals surface area contributed by atoms with E-state index in [1.807, 2.05) is 30.3 Å². The second-order valence-electron chi connectivity index (χ2n) is 9.29. The predicted octanol–water partition coefficient (Wildman–Crippen LogP) is 4.47. The van der Waals surface area contributed by atoms with Gasteiger partial charge < -0.3 is 16.0 Å². The van der Waals surface area contributed by atoms with Crippen molar-refractivity contribution in [3.63, 3.8) is 0 Å². The van der Waals surface area contributed by atoms with E-state index < -0.39 is 0 Å². The number of carbonyl (C=O) groups excluding carboxylic acids is 3. The molecule has 34 heavy (non-hydrogen) atoms. The normalized spacial score (nSPS) is 16.4. The Morgan fingerprint density at radius 3 is 2.38 bits per heavy atom. The van der Waals surface area contributed by atoms with Crippen LogP contribution in [0.4, 0.5) is 0 Å². The average molecular weight is 464 g/mol. The first kappa shape index (κ1) is 28.4. The summed E-state index contributed by atoms with van der Waals surface area (Å²) in [5.74, 6) is -0.105. The Kier molecular flexibility index (Phi) is 11.0. The van der Waals surface area contributed by atoms with E-state index in [1.165, 1.54) is 11.0 Å². The standard InChI is InChI=1S/C17H27N3O2.C11H10O/c1-11(2)12(15(18)17(3,4)5)8-7-9-13-16(22)20(6)10-14(21)19-13;1-2-10-5-3-6-11(9-10)7-4-8-12/h7-9,11H,10,18H2,1-6H3,(H,19,21);2-9H,1H2/b8-7+,13-9-,15-12-;7-4+. The molecule has 0 radical (unpaired) electrons. The van der Waals surface area contributed by atoms with Crippen LogP contribution in [0.25, 0.3) is 12.2 Å². The van der Waals surface area contributed by atoms with Gasteiger partial charge in [0, 0.05) is 18.2 Å². The van der Waals surface area contributed by atoms with E-state index in [-0.39, 0.29) is 35.4 Å². The minimum Gasteiger partial charge on any atom is -0.401 e. The van der Waals surface area contributed by atoms with Crippen molar-refractivity contribution in [1.29, 1.82) is 0 Å². The van der Waals surface area contributed by atoms with E-state index in [0.717, 1.165) is 28.7 Å². The summed E-state index contributed by atoms with van der Waals surface area (Å²) in [4.78, 5) is 34.8. The number of hydrogen-bond acceptors (Lipinski definition) is 4. The van der Waals surface area contributed by atoms with Gasteiger partial charge in [0.1, 0.15) is 12.0 Å². The molecule has 0 spiro atoms. The van der Waals surface area contributed by atoms with E-state index in [9.17, 15) is 14.4 Å². The van der Waals surface area contributed by atoms with Gasteiger partial charge in [0.2, 0.25) is 5.91 Å². The van der Waals surface area contributed by atoms with Crippen molar-refractivity contribution in [2.75, 3.05) is 13.6 Å². The molecular weight excluding hydrogens is 426 g/mol. The Morgan fingerprint density at radius 1 is 1.18 bits per heavy atom. The van der Waals surface area contributed by atoms with Crippen molar-refractivity contribution in [2.45, 2.75) is 34.6 Å². The van der Waals surface area contributed by atoms with E-state index in [1.54, 1.807) is 31.4 Å². The van der Waals surface area contributed by atoms with Crippen LogP contribution >= 0.6 is 0 Å². The van der Waals surface area contributed by atoms with E-state index >= 15 is 0 Å². The number of hydrogen-bond donors (Lipinski definition) is 2. The van der Waals surface area contributed by atoms with Gasteiger partial charge in [0.05, 0.1) is 6.54 Å². The van der Waals surface area contributed by atoms with Crippen LogP contribution in [0.15, 0.2) is 72.1 Å². The van der Waals surface area contributed by atoms with Crippen LogP contribution in [0.5, 0.6) is 0 Å². The first-order valence-corrected chi connectivity index (χ1v) is 11.2. The number of nitrogens with zero attached hydrogens (tertiary/aromatic N) is 1. The highest BCUT2D eigenvalue weighted by atomic mass is 16.2. The van der Waals surface area contributed by atoms with Crippen LogP contribution in [-0.4, -0.2) is 36.6 Å². The van der Waals surface area contributed by atoms with Crippen molar-refractivity contribution >= 4 is 30.3 Å². The molecule has 0 bridgehead atoms. The number of rotatable bonds is 6. The Hall–Kier alpha value is -3.67. The number of aldehydes is 1.